The van der Waals surface area contributed by atoms with Crippen LogP contribution < -0.4 is 19.5 Å². The van der Waals surface area contributed by atoms with Crippen LogP contribution in [0, 0.1) is 0 Å². The van der Waals surface area contributed by atoms with Crippen LogP contribution in [-0.2, 0) is 21.4 Å². The van der Waals surface area contributed by atoms with Gasteiger partial charge in [0.05, 0.1) is 18.0 Å². The molecule has 0 fully saturated rings. The van der Waals surface area contributed by atoms with Gasteiger partial charge in [0, 0.05) is 20.0 Å². The van der Waals surface area contributed by atoms with E-state index in [-0.39, 0.29) is 30.6 Å². The first kappa shape index (κ1) is 23.6. The molecule has 0 saturated heterocycles. The van der Waals surface area contributed by atoms with E-state index >= 15 is 0 Å². The van der Waals surface area contributed by atoms with Gasteiger partial charge in [0.2, 0.25) is 22.7 Å². The third-order valence-corrected chi connectivity index (χ3v) is 7.55. The van der Waals surface area contributed by atoms with Gasteiger partial charge in [-0.05, 0) is 47.5 Å². The molecule has 4 rings (SSSR count). The van der Waals surface area contributed by atoms with E-state index < -0.39 is 16.1 Å². The minimum absolute atomic E-state index is 0.0561. The molecule has 1 aliphatic heterocycles. The number of carbonyl (C=O) groups excluding carboxylic acids is 1. The van der Waals surface area contributed by atoms with Gasteiger partial charge in [0.15, 0.2) is 11.5 Å². The second-order valence-electron chi connectivity index (χ2n) is 7.79. The predicted octanol–water partition coefficient (Wildman–Crippen LogP) is 3.49. The van der Waals surface area contributed by atoms with E-state index in [0.717, 1.165) is 5.56 Å². The highest BCUT2D eigenvalue weighted by Crippen LogP contribution is 2.33. The molecule has 0 unspecified atom stereocenters. The van der Waals surface area contributed by atoms with Crippen LogP contribution in [0.25, 0.3) is 0 Å². The molecule has 34 heavy (non-hydrogen) atoms. The highest BCUT2D eigenvalue weighted by Gasteiger charge is 2.31. The van der Waals surface area contributed by atoms with Crippen molar-refractivity contribution in [2.24, 2.45) is 0 Å². The first-order chi connectivity index (χ1) is 16.4. The number of nitrogens with zero attached hydrogens (tertiary/aromatic N) is 1. The summed E-state index contributed by atoms with van der Waals surface area (Å²) >= 11 is 0. The number of nitrogens with one attached hydrogen (secondary N) is 1. The minimum atomic E-state index is -3.83. The molecule has 3 aromatic rings. The zero-order valence-electron chi connectivity index (χ0n) is 18.9. The van der Waals surface area contributed by atoms with Crippen LogP contribution >= 0.6 is 0 Å². The summed E-state index contributed by atoms with van der Waals surface area (Å²) in [4.78, 5) is 13.1. The van der Waals surface area contributed by atoms with Gasteiger partial charge in [-0.15, -0.1) is 0 Å². The number of hydrogen-bond acceptors (Lipinski definition) is 6. The topological polar surface area (TPSA) is 94.2 Å². The van der Waals surface area contributed by atoms with Crippen molar-refractivity contribution in [2.75, 3.05) is 21.0 Å². The number of rotatable bonds is 9. The average molecular weight is 483 g/mol. The monoisotopic (exact) mass is 482 g/mol. The van der Waals surface area contributed by atoms with Gasteiger partial charge in [0.25, 0.3) is 0 Å². The number of fused-ring (bicyclic) bond motifs is 1. The fraction of sp³-hybridized carbons (Fsp3) is 0.240. The fourth-order valence-corrected chi connectivity index (χ4v) is 5.07. The Morgan fingerprint density at radius 1 is 1.03 bits per heavy atom. The van der Waals surface area contributed by atoms with Gasteiger partial charge in [0.1, 0.15) is 5.75 Å². The number of ether oxygens (including phenoxy) is 3. The number of hydrogen-bond donors (Lipinski definition) is 1. The fourth-order valence-electron chi connectivity index (χ4n) is 3.71. The van der Waals surface area contributed by atoms with Crippen LogP contribution in [0.3, 0.4) is 0 Å². The van der Waals surface area contributed by atoms with E-state index in [9.17, 15) is 13.2 Å². The van der Waals surface area contributed by atoms with E-state index in [0.29, 0.717) is 22.8 Å². The number of carbonyl (C=O) groups is 1. The zero-order chi connectivity index (χ0) is 24.1. The summed E-state index contributed by atoms with van der Waals surface area (Å²) < 4.78 is 43.7. The normalized spacial score (nSPS) is 13.5. The lowest BCUT2D eigenvalue weighted by atomic mass is 10.0. The van der Waals surface area contributed by atoms with Crippen LogP contribution in [0.4, 0.5) is 0 Å². The molecule has 3 aromatic carbocycles. The van der Waals surface area contributed by atoms with Gasteiger partial charge in [-0.3, -0.25) is 4.79 Å². The first-order valence-electron chi connectivity index (χ1n) is 10.7. The van der Waals surface area contributed by atoms with Gasteiger partial charge in [-0.1, -0.05) is 36.4 Å². The number of benzene rings is 3. The Morgan fingerprint density at radius 3 is 2.44 bits per heavy atom. The average Bonchev–Trinajstić information content (AvgIpc) is 3.34. The highest BCUT2D eigenvalue weighted by molar-refractivity contribution is 7.89. The third kappa shape index (κ3) is 5.16. The molecule has 0 spiro atoms. The summed E-state index contributed by atoms with van der Waals surface area (Å²) in [7, 11) is -0.784. The Bertz CT molecular complexity index is 1250. The molecule has 0 saturated carbocycles. The van der Waals surface area contributed by atoms with Crippen molar-refractivity contribution >= 4 is 15.9 Å². The molecule has 0 bridgehead atoms. The summed E-state index contributed by atoms with van der Waals surface area (Å²) in [6.45, 7) is 0.455. The van der Waals surface area contributed by atoms with Crippen molar-refractivity contribution in [2.45, 2.75) is 23.9 Å². The second-order valence-corrected chi connectivity index (χ2v) is 9.79. The van der Waals surface area contributed by atoms with Crippen molar-refractivity contribution in [3.63, 3.8) is 0 Å². The maximum absolute atomic E-state index is 13.3. The summed E-state index contributed by atoms with van der Waals surface area (Å²) in [5.74, 6) is 1.66. The lowest BCUT2D eigenvalue weighted by molar-refractivity contribution is -0.122. The summed E-state index contributed by atoms with van der Waals surface area (Å²) in [5, 5.41) is 2.88. The Balaban J connectivity index is 1.53. The van der Waals surface area contributed by atoms with Crippen LogP contribution in [0.1, 0.15) is 23.6 Å². The predicted molar refractivity (Wildman–Crippen MR) is 126 cm³/mol. The quantitative estimate of drug-likeness (QED) is 0.502. The van der Waals surface area contributed by atoms with Crippen molar-refractivity contribution in [1.82, 2.24) is 9.62 Å². The van der Waals surface area contributed by atoms with Crippen LogP contribution in [0.5, 0.6) is 17.2 Å². The lowest BCUT2D eigenvalue weighted by Gasteiger charge is -2.28. The number of methoxy groups -OCH3 is 1. The van der Waals surface area contributed by atoms with Crippen molar-refractivity contribution in [3.05, 3.63) is 83.9 Å². The largest absolute Gasteiger partial charge is 0.497 e. The smallest absolute Gasteiger partial charge is 0.243 e. The summed E-state index contributed by atoms with van der Waals surface area (Å²) in [6.07, 6.45) is -0.0561. The molecule has 9 heteroatoms. The van der Waals surface area contributed by atoms with E-state index in [2.05, 4.69) is 5.32 Å². The molecule has 178 valence electrons. The number of amides is 1. The maximum atomic E-state index is 13.3. The lowest BCUT2D eigenvalue weighted by Crippen LogP contribution is -2.35. The minimum Gasteiger partial charge on any atom is -0.497 e. The van der Waals surface area contributed by atoms with Crippen LogP contribution in [-0.4, -0.2) is 39.6 Å². The van der Waals surface area contributed by atoms with Gasteiger partial charge in [-0.25, -0.2) is 8.42 Å². The second kappa shape index (κ2) is 10.1. The van der Waals surface area contributed by atoms with Crippen LogP contribution in [0.2, 0.25) is 0 Å². The van der Waals surface area contributed by atoms with Gasteiger partial charge >= 0.3 is 0 Å². The molecule has 1 amide bonds. The summed E-state index contributed by atoms with van der Waals surface area (Å²) in [5.41, 5.74) is 1.53. The third-order valence-electron chi connectivity index (χ3n) is 5.67. The van der Waals surface area contributed by atoms with Crippen LogP contribution in [0.15, 0.2) is 77.7 Å². The molecule has 0 aromatic heterocycles. The molecule has 1 N–H and O–H groups in total. The van der Waals surface area contributed by atoms with Crippen molar-refractivity contribution < 1.29 is 27.4 Å². The Hall–Kier alpha value is -3.56. The first-order valence-corrected chi connectivity index (χ1v) is 12.1. The Morgan fingerprint density at radius 2 is 1.74 bits per heavy atom. The van der Waals surface area contributed by atoms with E-state index in [1.165, 1.54) is 23.5 Å². The SMILES string of the molecule is COc1ccc([C@H](CC(=O)NCc2ccc3c(c2)OCO3)N(C)S(=O)(=O)c2ccccc2)cc1. The van der Waals surface area contributed by atoms with Gasteiger partial charge < -0.3 is 19.5 Å². The molecule has 1 heterocycles. The standard InChI is InChI=1S/C25H26N2O6S/c1-27(34(29,30)21-6-4-3-5-7-21)22(19-9-11-20(31-2)12-10-19)15-25(28)26-16-18-8-13-23-24(14-18)33-17-32-23/h3-14,22H,15-17H2,1-2H3,(H,26,28)/t22-/m0/s1. The van der Waals surface area contributed by atoms with Crippen molar-refractivity contribution in [1.29, 1.82) is 0 Å². The molecular weight excluding hydrogens is 456 g/mol. The van der Waals surface area contributed by atoms with Gasteiger partial charge in [-0.2, -0.15) is 4.31 Å². The molecular formula is C25H26N2O6S. The zero-order valence-corrected chi connectivity index (χ0v) is 19.7. The maximum Gasteiger partial charge on any atom is 0.243 e. The molecule has 1 aliphatic rings. The molecule has 1 atom stereocenters. The molecule has 0 aliphatic carbocycles. The Kier molecular flexibility index (Phi) is 7.04. The molecule has 0 radical (unpaired) electrons. The summed E-state index contributed by atoms with van der Waals surface area (Å²) in [6, 6.07) is 19.9. The number of sulfonamides is 1. The van der Waals surface area contributed by atoms with E-state index in [4.69, 9.17) is 14.2 Å². The van der Waals surface area contributed by atoms with E-state index in [1.54, 1.807) is 55.6 Å². The highest BCUT2D eigenvalue weighted by atomic mass is 32.2. The Labute approximate surface area is 199 Å². The van der Waals surface area contributed by atoms with Crippen molar-refractivity contribution in [3.8, 4) is 17.2 Å². The molecule has 8 nitrogen and oxygen atoms in total. The van der Waals surface area contributed by atoms with E-state index in [1.807, 2.05) is 12.1 Å².